The fourth-order valence-electron chi connectivity index (χ4n) is 7.12. The minimum Gasteiger partial charge on any atom is -0.256 e. The maximum Gasteiger partial charge on any atom is 0.0708 e. The smallest absolute Gasteiger partial charge is 0.0708 e. The molecule has 0 aliphatic carbocycles. The Labute approximate surface area is 255 Å². The summed E-state index contributed by atoms with van der Waals surface area (Å²) in [6.45, 7) is 0. The lowest BCUT2D eigenvalue weighted by Gasteiger charge is -2.21. The van der Waals surface area contributed by atoms with Gasteiger partial charge in [0.15, 0.2) is 0 Å². The molecule has 0 saturated heterocycles. The predicted octanol–water partition coefficient (Wildman–Crippen LogP) is 11.8. The van der Waals surface area contributed by atoms with Crippen molar-refractivity contribution >= 4 is 54.0 Å². The van der Waals surface area contributed by atoms with Crippen molar-refractivity contribution in [3.63, 3.8) is 0 Å². The van der Waals surface area contributed by atoms with Crippen molar-refractivity contribution in [2.75, 3.05) is 0 Å². The van der Waals surface area contributed by atoms with Crippen molar-refractivity contribution in [2.24, 2.45) is 0 Å². The van der Waals surface area contributed by atoms with E-state index >= 15 is 0 Å². The van der Waals surface area contributed by atoms with Gasteiger partial charge in [-0.3, -0.25) is 4.98 Å². The molecule has 0 saturated carbocycles. The van der Waals surface area contributed by atoms with Crippen LogP contribution in [0.4, 0.5) is 0 Å². The second-order valence-corrected chi connectivity index (χ2v) is 11.5. The maximum atomic E-state index is 5.04. The molecule has 1 heterocycles. The number of pyridine rings is 1. The Morgan fingerprint density at radius 2 is 0.932 bits per heavy atom. The van der Waals surface area contributed by atoms with Gasteiger partial charge in [0.1, 0.15) is 0 Å². The molecule has 0 bridgehead atoms. The lowest BCUT2D eigenvalue weighted by molar-refractivity contribution is 1.45. The summed E-state index contributed by atoms with van der Waals surface area (Å²) in [5.74, 6) is 0. The lowest BCUT2D eigenvalue weighted by atomic mass is 9.82. The van der Waals surface area contributed by atoms with Crippen molar-refractivity contribution in [2.45, 2.75) is 0 Å². The highest BCUT2D eigenvalue weighted by Crippen LogP contribution is 2.48. The molecule has 0 aliphatic rings. The van der Waals surface area contributed by atoms with Crippen LogP contribution in [-0.4, -0.2) is 4.98 Å². The summed E-state index contributed by atoms with van der Waals surface area (Å²) in [5.41, 5.74) is 8.38. The van der Waals surface area contributed by atoms with Crippen molar-refractivity contribution < 1.29 is 0 Å². The van der Waals surface area contributed by atoms with E-state index in [1.807, 2.05) is 0 Å². The summed E-state index contributed by atoms with van der Waals surface area (Å²) in [5, 5.41) is 11.0. The molecule has 44 heavy (non-hydrogen) atoms. The van der Waals surface area contributed by atoms with Crippen molar-refractivity contribution in [3.8, 4) is 33.4 Å². The van der Waals surface area contributed by atoms with Crippen LogP contribution in [0.3, 0.4) is 0 Å². The fourth-order valence-corrected chi connectivity index (χ4v) is 7.12. The molecule has 0 aliphatic heterocycles. The zero-order valence-electron chi connectivity index (χ0n) is 24.0. The molecule has 0 spiro atoms. The largest absolute Gasteiger partial charge is 0.256 e. The van der Waals surface area contributed by atoms with Crippen molar-refractivity contribution in [3.05, 3.63) is 164 Å². The van der Waals surface area contributed by atoms with Crippen LogP contribution in [-0.2, 0) is 0 Å². The lowest BCUT2D eigenvalue weighted by Crippen LogP contribution is -1.95. The highest BCUT2D eigenvalue weighted by Gasteiger charge is 2.21. The SMILES string of the molecule is c1ccc(-c2c3ccccc3c(-c3cccc4ccccc34)c3c2cnc2ccccc23)c(-c2ccc3ccccc3c2)c1. The predicted molar refractivity (Wildman–Crippen MR) is 188 cm³/mol. The third-order valence-electron chi connectivity index (χ3n) is 9.08. The number of hydrogen-bond acceptors (Lipinski definition) is 1. The van der Waals surface area contributed by atoms with Gasteiger partial charge >= 0.3 is 0 Å². The van der Waals surface area contributed by atoms with Gasteiger partial charge < -0.3 is 0 Å². The van der Waals surface area contributed by atoms with Crippen LogP contribution < -0.4 is 0 Å². The van der Waals surface area contributed by atoms with Gasteiger partial charge in [-0.05, 0) is 77.8 Å². The van der Waals surface area contributed by atoms with E-state index in [4.69, 9.17) is 4.98 Å². The van der Waals surface area contributed by atoms with E-state index in [1.54, 1.807) is 0 Å². The van der Waals surface area contributed by atoms with E-state index < -0.39 is 0 Å². The first-order chi connectivity index (χ1) is 21.8. The quantitative estimate of drug-likeness (QED) is 0.155. The second-order valence-electron chi connectivity index (χ2n) is 11.5. The van der Waals surface area contributed by atoms with Gasteiger partial charge in [0.2, 0.25) is 0 Å². The van der Waals surface area contributed by atoms with Crippen LogP contribution in [0.5, 0.6) is 0 Å². The molecule has 0 radical (unpaired) electrons. The Morgan fingerprint density at radius 3 is 1.77 bits per heavy atom. The molecule has 9 rings (SSSR count). The molecule has 0 unspecified atom stereocenters. The molecule has 0 amide bonds. The van der Waals surface area contributed by atoms with Crippen LogP contribution in [0.25, 0.3) is 87.4 Å². The molecule has 204 valence electrons. The van der Waals surface area contributed by atoms with Crippen LogP contribution in [0.15, 0.2) is 164 Å². The van der Waals surface area contributed by atoms with Crippen LogP contribution in [0, 0.1) is 0 Å². The number of nitrogens with zero attached hydrogens (tertiary/aromatic N) is 1. The monoisotopic (exact) mass is 557 g/mol. The third-order valence-corrected chi connectivity index (χ3v) is 9.08. The number of aromatic nitrogens is 1. The van der Waals surface area contributed by atoms with Gasteiger partial charge in [-0.1, -0.05) is 146 Å². The minimum atomic E-state index is 1.01. The summed E-state index contributed by atoms with van der Waals surface area (Å²) in [6.07, 6.45) is 2.10. The number of rotatable bonds is 3. The van der Waals surface area contributed by atoms with E-state index in [1.165, 1.54) is 81.9 Å². The number of hydrogen-bond donors (Lipinski definition) is 0. The average Bonchev–Trinajstić information content (AvgIpc) is 3.10. The van der Waals surface area contributed by atoms with E-state index in [0.717, 1.165) is 5.52 Å². The molecular weight excluding hydrogens is 530 g/mol. The summed E-state index contributed by atoms with van der Waals surface area (Å²) in [6, 6.07) is 57.1. The maximum absolute atomic E-state index is 5.04. The zero-order valence-corrected chi connectivity index (χ0v) is 24.0. The Bertz CT molecular complexity index is 2550. The molecule has 8 aromatic carbocycles. The first-order valence-corrected chi connectivity index (χ1v) is 15.1. The summed E-state index contributed by atoms with van der Waals surface area (Å²) >= 11 is 0. The van der Waals surface area contributed by atoms with E-state index in [0.29, 0.717) is 0 Å². The fraction of sp³-hybridized carbons (Fsp3) is 0. The van der Waals surface area contributed by atoms with Gasteiger partial charge in [-0.25, -0.2) is 0 Å². The standard InChI is InChI=1S/C43H27N/c1-2-14-30-26-31(25-24-28(30)12-1)33-17-5-6-18-34(33)41-36-19-7-8-20-37(36)42(35-22-11-15-29-13-3-4-16-32(29)35)43-38-21-9-10-23-40(38)44-27-39(41)43/h1-27H. The van der Waals surface area contributed by atoms with Crippen molar-refractivity contribution in [1.29, 1.82) is 0 Å². The van der Waals surface area contributed by atoms with E-state index in [-0.39, 0.29) is 0 Å². The highest BCUT2D eigenvalue weighted by atomic mass is 14.7. The number of benzene rings is 8. The summed E-state index contributed by atoms with van der Waals surface area (Å²) < 4.78 is 0. The Hall–Kier alpha value is -5.79. The number of para-hydroxylation sites is 1. The highest BCUT2D eigenvalue weighted by molar-refractivity contribution is 6.29. The van der Waals surface area contributed by atoms with Crippen LogP contribution >= 0.6 is 0 Å². The van der Waals surface area contributed by atoms with Gasteiger partial charge in [0.25, 0.3) is 0 Å². The van der Waals surface area contributed by atoms with Gasteiger partial charge in [0.05, 0.1) is 5.52 Å². The molecular formula is C43H27N. The molecule has 1 aromatic heterocycles. The average molecular weight is 558 g/mol. The third kappa shape index (κ3) is 3.76. The minimum absolute atomic E-state index is 1.01. The molecule has 1 heteroatoms. The van der Waals surface area contributed by atoms with Gasteiger partial charge in [-0.15, -0.1) is 0 Å². The first-order valence-electron chi connectivity index (χ1n) is 15.1. The Morgan fingerprint density at radius 1 is 0.341 bits per heavy atom. The first kappa shape index (κ1) is 24.8. The van der Waals surface area contributed by atoms with E-state index in [2.05, 4.69) is 164 Å². The molecule has 0 N–H and O–H groups in total. The molecule has 1 nitrogen and oxygen atoms in total. The Kier molecular flexibility index (Phi) is 5.57. The molecule has 0 atom stereocenters. The van der Waals surface area contributed by atoms with Gasteiger partial charge in [0, 0.05) is 22.4 Å². The number of fused-ring (bicyclic) bond motifs is 6. The summed E-state index contributed by atoms with van der Waals surface area (Å²) in [4.78, 5) is 5.04. The van der Waals surface area contributed by atoms with E-state index in [9.17, 15) is 0 Å². The van der Waals surface area contributed by atoms with Crippen molar-refractivity contribution in [1.82, 2.24) is 4.98 Å². The second kappa shape index (κ2) is 9.90. The zero-order chi connectivity index (χ0) is 29.0. The van der Waals surface area contributed by atoms with Crippen LogP contribution in [0.2, 0.25) is 0 Å². The summed E-state index contributed by atoms with van der Waals surface area (Å²) in [7, 11) is 0. The topological polar surface area (TPSA) is 12.9 Å². The van der Waals surface area contributed by atoms with Gasteiger partial charge in [-0.2, -0.15) is 0 Å². The normalized spacial score (nSPS) is 11.6. The molecule has 0 fully saturated rings. The Balaban J connectivity index is 1.46. The van der Waals surface area contributed by atoms with Crippen LogP contribution in [0.1, 0.15) is 0 Å². The molecule has 9 aromatic rings.